The fourth-order valence-electron chi connectivity index (χ4n) is 1.99. The molecule has 0 bridgehead atoms. The smallest absolute Gasteiger partial charge is 0.0354 e. The van der Waals surface area contributed by atoms with Gasteiger partial charge in [0.25, 0.3) is 0 Å². The van der Waals surface area contributed by atoms with E-state index in [1.54, 1.807) is 0 Å². The molecule has 0 unspecified atom stereocenters. The van der Waals surface area contributed by atoms with Crippen molar-refractivity contribution in [2.75, 3.05) is 0 Å². The molecule has 1 aliphatic rings. The molecule has 0 amide bonds. The van der Waals surface area contributed by atoms with Crippen LogP contribution in [0.3, 0.4) is 0 Å². The predicted molar refractivity (Wildman–Crippen MR) is 46.0 cm³/mol. The molecule has 2 atom stereocenters. The monoisotopic (exact) mass is 140 g/mol. The molecule has 0 saturated heterocycles. The summed E-state index contributed by atoms with van der Waals surface area (Å²) in [6, 6.07) is 0. The van der Waals surface area contributed by atoms with Crippen molar-refractivity contribution in [2.24, 2.45) is 17.3 Å². The fourth-order valence-corrected chi connectivity index (χ4v) is 1.99. The average molecular weight is 140 g/mol. The van der Waals surface area contributed by atoms with Crippen molar-refractivity contribution in [1.29, 1.82) is 0 Å². The second kappa shape index (κ2) is 2.56. The molecule has 0 nitrogen and oxygen atoms in total. The molecule has 0 aromatic rings. The van der Waals surface area contributed by atoms with Crippen LogP contribution in [0.2, 0.25) is 0 Å². The van der Waals surface area contributed by atoms with E-state index in [4.69, 9.17) is 0 Å². The normalized spacial score (nSPS) is 34.8. The van der Waals surface area contributed by atoms with Crippen molar-refractivity contribution in [3.05, 3.63) is 0 Å². The molecular weight excluding hydrogens is 120 g/mol. The van der Waals surface area contributed by atoms with Gasteiger partial charge in [-0.05, 0) is 30.1 Å². The second-order valence-electron chi connectivity index (χ2n) is 4.98. The Kier molecular flexibility index (Phi) is 2.07. The minimum Gasteiger partial charge on any atom is -0.0625 e. The third-order valence-corrected chi connectivity index (χ3v) is 2.92. The Labute approximate surface area is 65.0 Å². The van der Waals surface area contributed by atoms with Crippen LogP contribution in [0.15, 0.2) is 0 Å². The summed E-state index contributed by atoms with van der Waals surface area (Å²) < 4.78 is 0. The standard InChI is InChI=1S/C10H20/c1-8-5-6-9(7-8)10(2,3)4/h8-9H,5-7H2,1-4H3/t8-,9-/m1/s1. The van der Waals surface area contributed by atoms with E-state index >= 15 is 0 Å². The lowest BCUT2D eigenvalue weighted by Gasteiger charge is -2.26. The molecule has 0 heteroatoms. The van der Waals surface area contributed by atoms with Crippen molar-refractivity contribution in [2.45, 2.75) is 47.0 Å². The van der Waals surface area contributed by atoms with Crippen molar-refractivity contribution >= 4 is 0 Å². The summed E-state index contributed by atoms with van der Waals surface area (Å²) in [6.07, 6.45) is 4.39. The second-order valence-corrected chi connectivity index (χ2v) is 4.98. The third kappa shape index (κ3) is 1.74. The van der Waals surface area contributed by atoms with Crippen LogP contribution in [0.1, 0.15) is 47.0 Å². The van der Waals surface area contributed by atoms with Gasteiger partial charge < -0.3 is 0 Å². The Bertz CT molecular complexity index is 108. The zero-order valence-corrected chi connectivity index (χ0v) is 7.78. The molecule has 0 N–H and O–H groups in total. The Morgan fingerprint density at radius 3 is 1.90 bits per heavy atom. The first-order chi connectivity index (χ1) is 4.50. The molecule has 0 aromatic carbocycles. The van der Waals surface area contributed by atoms with Gasteiger partial charge in [-0.3, -0.25) is 0 Å². The maximum absolute atomic E-state index is 2.38. The lowest BCUT2D eigenvalue weighted by molar-refractivity contribution is 0.240. The Balaban J connectivity index is 2.45. The van der Waals surface area contributed by atoms with Crippen LogP contribution in [-0.4, -0.2) is 0 Å². The van der Waals surface area contributed by atoms with Crippen LogP contribution >= 0.6 is 0 Å². The lowest BCUT2D eigenvalue weighted by atomic mass is 9.79. The molecule has 60 valence electrons. The third-order valence-electron chi connectivity index (χ3n) is 2.92. The summed E-state index contributed by atoms with van der Waals surface area (Å²) in [4.78, 5) is 0. The quantitative estimate of drug-likeness (QED) is 0.483. The molecule has 1 rings (SSSR count). The molecule has 1 fully saturated rings. The van der Waals surface area contributed by atoms with Gasteiger partial charge in [0.15, 0.2) is 0 Å². The van der Waals surface area contributed by atoms with Gasteiger partial charge in [-0.1, -0.05) is 34.1 Å². The van der Waals surface area contributed by atoms with Gasteiger partial charge in [0, 0.05) is 0 Å². The van der Waals surface area contributed by atoms with Gasteiger partial charge >= 0.3 is 0 Å². The first-order valence-corrected chi connectivity index (χ1v) is 4.50. The average Bonchev–Trinajstić information content (AvgIpc) is 2.11. The van der Waals surface area contributed by atoms with Crippen molar-refractivity contribution in [3.8, 4) is 0 Å². The summed E-state index contributed by atoms with van der Waals surface area (Å²) in [5, 5.41) is 0. The number of hydrogen-bond donors (Lipinski definition) is 0. The summed E-state index contributed by atoms with van der Waals surface area (Å²) in [6.45, 7) is 9.49. The SMILES string of the molecule is C[C@@H]1CC[C@@H](C(C)(C)C)C1. The minimum absolute atomic E-state index is 0.560. The minimum atomic E-state index is 0.560. The molecule has 10 heavy (non-hydrogen) atoms. The van der Waals surface area contributed by atoms with Crippen molar-refractivity contribution in [1.82, 2.24) is 0 Å². The molecular formula is C10H20. The van der Waals surface area contributed by atoms with Crippen LogP contribution in [0.5, 0.6) is 0 Å². The highest BCUT2D eigenvalue weighted by Crippen LogP contribution is 2.41. The zero-order chi connectivity index (χ0) is 7.78. The van der Waals surface area contributed by atoms with Crippen LogP contribution in [0.25, 0.3) is 0 Å². The van der Waals surface area contributed by atoms with Crippen molar-refractivity contribution < 1.29 is 0 Å². The van der Waals surface area contributed by atoms with E-state index in [-0.39, 0.29) is 0 Å². The zero-order valence-electron chi connectivity index (χ0n) is 7.78. The Morgan fingerprint density at radius 2 is 1.70 bits per heavy atom. The van der Waals surface area contributed by atoms with E-state index in [2.05, 4.69) is 27.7 Å². The highest BCUT2D eigenvalue weighted by atomic mass is 14.4. The Hall–Kier alpha value is 0. The predicted octanol–water partition coefficient (Wildman–Crippen LogP) is 3.47. The maximum atomic E-state index is 2.38. The van der Waals surface area contributed by atoms with E-state index in [0.29, 0.717) is 5.41 Å². The van der Waals surface area contributed by atoms with Crippen LogP contribution in [-0.2, 0) is 0 Å². The molecule has 0 heterocycles. The van der Waals surface area contributed by atoms with Gasteiger partial charge in [0.05, 0.1) is 0 Å². The molecule has 0 aromatic heterocycles. The first kappa shape index (κ1) is 8.10. The summed E-state index contributed by atoms with van der Waals surface area (Å²) >= 11 is 0. The van der Waals surface area contributed by atoms with Gasteiger partial charge in [0.2, 0.25) is 0 Å². The van der Waals surface area contributed by atoms with Crippen molar-refractivity contribution in [3.63, 3.8) is 0 Å². The largest absolute Gasteiger partial charge is 0.0625 e. The first-order valence-electron chi connectivity index (χ1n) is 4.50. The lowest BCUT2D eigenvalue weighted by Crippen LogP contribution is -2.17. The van der Waals surface area contributed by atoms with Gasteiger partial charge in [-0.15, -0.1) is 0 Å². The van der Waals surface area contributed by atoms with E-state index < -0.39 is 0 Å². The van der Waals surface area contributed by atoms with Crippen LogP contribution in [0.4, 0.5) is 0 Å². The summed E-state index contributed by atoms with van der Waals surface area (Å²) in [5.41, 5.74) is 0.560. The van der Waals surface area contributed by atoms with Gasteiger partial charge in [-0.25, -0.2) is 0 Å². The maximum Gasteiger partial charge on any atom is -0.0354 e. The summed E-state index contributed by atoms with van der Waals surface area (Å²) in [7, 11) is 0. The van der Waals surface area contributed by atoms with Gasteiger partial charge in [0.1, 0.15) is 0 Å². The van der Waals surface area contributed by atoms with Crippen LogP contribution < -0.4 is 0 Å². The molecule has 1 aliphatic carbocycles. The highest BCUT2D eigenvalue weighted by molar-refractivity contribution is 4.81. The summed E-state index contributed by atoms with van der Waals surface area (Å²) in [5.74, 6) is 1.98. The van der Waals surface area contributed by atoms with E-state index in [0.717, 1.165) is 11.8 Å². The topological polar surface area (TPSA) is 0 Å². The molecule has 0 radical (unpaired) electrons. The van der Waals surface area contributed by atoms with E-state index in [1.165, 1.54) is 19.3 Å². The van der Waals surface area contributed by atoms with Gasteiger partial charge in [-0.2, -0.15) is 0 Å². The van der Waals surface area contributed by atoms with E-state index in [1.807, 2.05) is 0 Å². The molecule has 1 saturated carbocycles. The van der Waals surface area contributed by atoms with E-state index in [9.17, 15) is 0 Å². The number of hydrogen-bond acceptors (Lipinski definition) is 0. The molecule has 0 spiro atoms. The molecule has 0 aliphatic heterocycles. The number of rotatable bonds is 0. The fraction of sp³-hybridized carbons (Fsp3) is 1.00. The van der Waals surface area contributed by atoms with Crippen LogP contribution in [0, 0.1) is 17.3 Å². The Morgan fingerprint density at radius 1 is 1.10 bits per heavy atom. The highest BCUT2D eigenvalue weighted by Gasteiger charge is 2.30.